The molecule has 7 heteroatoms. The molecule has 4 aromatic carbocycles. The molecule has 2 N–H and O–H groups in total. The molecule has 0 unspecified atom stereocenters. The van der Waals surface area contributed by atoms with E-state index in [4.69, 9.17) is 15.1 Å². The van der Waals surface area contributed by atoms with Gasteiger partial charge in [-0.3, -0.25) is 0 Å². The predicted molar refractivity (Wildman–Crippen MR) is 161 cm³/mol. The number of aliphatic imine (C=N–C) groups is 2. The summed E-state index contributed by atoms with van der Waals surface area (Å²) in [5, 5.41) is 19.0. The van der Waals surface area contributed by atoms with Crippen molar-refractivity contribution in [2.24, 2.45) is 9.98 Å². The molecule has 0 amide bonds. The molecule has 7 rings (SSSR count). The fraction of sp³-hybridized carbons (Fsp3) is 0.121. The topological polar surface area (TPSA) is 78.0 Å². The van der Waals surface area contributed by atoms with Crippen molar-refractivity contribution in [2.45, 2.75) is 26.8 Å². The molecule has 0 aliphatic carbocycles. The Kier molecular flexibility index (Phi) is 5.52. The van der Waals surface area contributed by atoms with E-state index in [0.29, 0.717) is 11.7 Å². The van der Waals surface area contributed by atoms with Gasteiger partial charge in [0.15, 0.2) is 17.5 Å². The number of phenolic OH excluding ortho intramolecular Hbond substituents is 1. The zero-order chi connectivity index (χ0) is 27.4. The zero-order valence-electron chi connectivity index (χ0n) is 22.5. The first-order chi connectivity index (χ1) is 19.5. The molecule has 0 bridgehead atoms. The van der Waals surface area contributed by atoms with Gasteiger partial charge in [0.1, 0.15) is 5.75 Å². The minimum Gasteiger partial charge on any atom is -0.508 e. The Balaban J connectivity index is 1.49. The number of para-hydroxylation sites is 2. The molecule has 0 saturated heterocycles. The minimum atomic E-state index is -0.291. The second kappa shape index (κ2) is 9.24. The van der Waals surface area contributed by atoms with Crippen molar-refractivity contribution in [3.05, 3.63) is 125 Å². The molecule has 0 radical (unpaired) electrons. The van der Waals surface area contributed by atoms with Crippen LogP contribution >= 0.6 is 0 Å². The van der Waals surface area contributed by atoms with Crippen molar-refractivity contribution in [1.82, 2.24) is 9.78 Å². The van der Waals surface area contributed by atoms with E-state index in [9.17, 15) is 5.11 Å². The second-order valence-corrected chi connectivity index (χ2v) is 10.3. The average molecular weight is 525 g/mol. The predicted octanol–water partition coefficient (Wildman–Crippen LogP) is 7.30. The fourth-order valence-corrected chi connectivity index (χ4v) is 5.45. The number of fused-ring (bicyclic) bond motifs is 4. The van der Waals surface area contributed by atoms with Gasteiger partial charge in [-0.05, 0) is 74.9 Å². The molecule has 0 saturated carbocycles. The van der Waals surface area contributed by atoms with Crippen molar-refractivity contribution in [3.63, 3.8) is 0 Å². The molecule has 1 atom stereocenters. The maximum absolute atomic E-state index is 10.5. The van der Waals surface area contributed by atoms with Gasteiger partial charge in [-0.2, -0.15) is 5.10 Å². The van der Waals surface area contributed by atoms with Crippen LogP contribution in [0.1, 0.15) is 34.0 Å². The summed E-state index contributed by atoms with van der Waals surface area (Å²) in [6.07, 6.45) is 0. The molecule has 2 aliphatic heterocycles. The molecular formula is C33H28N6O. The highest BCUT2D eigenvalue weighted by Crippen LogP contribution is 2.48. The third kappa shape index (κ3) is 3.94. The van der Waals surface area contributed by atoms with Gasteiger partial charge < -0.3 is 15.3 Å². The Labute approximate surface area is 232 Å². The summed E-state index contributed by atoms with van der Waals surface area (Å²) in [6, 6.07) is 31.8. The highest BCUT2D eigenvalue weighted by Gasteiger charge is 2.41. The molecule has 40 heavy (non-hydrogen) atoms. The number of hydrogen-bond donors (Lipinski definition) is 2. The van der Waals surface area contributed by atoms with Gasteiger partial charge in [0, 0.05) is 11.3 Å². The Morgan fingerprint density at radius 3 is 2.25 bits per heavy atom. The number of benzene rings is 4. The summed E-state index contributed by atoms with van der Waals surface area (Å²) in [6.45, 7) is 6.17. The molecule has 1 aromatic heterocycles. The lowest BCUT2D eigenvalue weighted by Gasteiger charge is -2.40. The first kappa shape index (κ1) is 23.9. The first-order valence-corrected chi connectivity index (χ1v) is 13.3. The Morgan fingerprint density at radius 1 is 0.775 bits per heavy atom. The molecule has 2 aliphatic rings. The van der Waals surface area contributed by atoms with Crippen LogP contribution in [-0.2, 0) is 0 Å². The molecule has 0 fully saturated rings. The summed E-state index contributed by atoms with van der Waals surface area (Å²) in [5.74, 6) is 2.29. The van der Waals surface area contributed by atoms with Crippen molar-refractivity contribution < 1.29 is 5.11 Å². The van der Waals surface area contributed by atoms with E-state index in [0.717, 1.165) is 45.4 Å². The van der Waals surface area contributed by atoms with Crippen LogP contribution in [-0.4, -0.2) is 26.6 Å². The zero-order valence-corrected chi connectivity index (χ0v) is 22.5. The lowest BCUT2D eigenvalue weighted by molar-refractivity contribution is 0.474. The van der Waals surface area contributed by atoms with Crippen molar-refractivity contribution in [3.8, 4) is 11.4 Å². The van der Waals surface area contributed by atoms with Gasteiger partial charge in [-0.15, -0.1) is 0 Å². The quantitative estimate of drug-likeness (QED) is 0.260. The number of rotatable bonds is 3. The standard InChI is InChI=1S/C33H28N6O/c1-20-11-15-24(16-12-20)34-31-33-36-32-29(22(3)37-39(32)25-17-13-21(2)14-18-25)30(23-7-6-8-26(40)19-23)38(33)28-10-5-4-9-27(28)35-31/h4-19,30,40H,1-3H3,(H,34,35)/t30-/m0/s1. The maximum Gasteiger partial charge on any atom is 0.179 e. The van der Waals surface area contributed by atoms with Gasteiger partial charge in [0.05, 0.1) is 28.8 Å². The number of aromatic hydroxyl groups is 1. The van der Waals surface area contributed by atoms with Crippen LogP contribution in [0.5, 0.6) is 5.75 Å². The van der Waals surface area contributed by atoms with E-state index in [1.54, 1.807) is 6.07 Å². The van der Waals surface area contributed by atoms with Gasteiger partial charge in [-0.25, -0.2) is 14.7 Å². The monoisotopic (exact) mass is 524 g/mol. The molecule has 196 valence electrons. The number of nitrogens with zero attached hydrogens (tertiary/aromatic N) is 5. The fourth-order valence-electron chi connectivity index (χ4n) is 5.45. The second-order valence-electron chi connectivity index (χ2n) is 10.3. The Hall–Kier alpha value is -5.17. The normalized spacial score (nSPS) is 15.5. The van der Waals surface area contributed by atoms with Gasteiger partial charge in [0.2, 0.25) is 0 Å². The van der Waals surface area contributed by atoms with Crippen molar-refractivity contribution >= 4 is 34.6 Å². The summed E-state index contributed by atoms with van der Waals surface area (Å²) in [4.78, 5) is 12.5. The van der Waals surface area contributed by atoms with Crippen LogP contribution in [0.25, 0.3) is 5.69 Å². The minimum absolute atomic E-state index is 0.212. The van der Waals surface area contributed by atoms with Gasteiger partial charge >= 0.3 is 0 Å². The number of phenols is 1. The smallest absolute Gasteiger partial charge is 0.179 e. The van der Waals surface area contributed by atoms with E-state index in [2.05, 4.69) is 66.5 Å². The van der Waals surface area contributed by atoms with Crippen LogP contribution in [0.15, 0.2) is 107 Å². The Bertz CT molecular complexity index is 1820. The van der Waals surface area contributed by atoms with E-state index >= 15 is 0 Å². The summed E-state index contributed by atoms with van der Waals surface area (Å²) < 4.78 is 1.91. The number of nitrogens with one attached hydrogen (secondary N) is 1. The van der Waals surface area contributed by atoms with Gasteiger partial charge in [0.25, 0.3) is 0 Å². The largest absolute Gasteiger partial charge is 0.508 e. The summed E-state index contributed by atoms with van der Waals surface area (Å²) in [5.41, 5.74) is 8.80. The molecule has 7 nitrogen and oxygen atoms in total. The highest BCUT2D eigenvalue weighted by molar-refractivity contribution is 6.51. The van der Waals surface area contributed by atoms with Crippen LogP contribution < -0.4 is 10.2 Å². The number of anilines is 2. The van der Waals surface area contributed by atoms with E-state index in [-0.39, 0.29) is 11.8 Å². The SMILES string of the molecule is Cc1ccc(NC2=Nc3ccccc3N3C2=Nc2c(c(C)nn2-c2ccc(C)cc2)[C@@H]3c2cccc(O)c2)cc1. The number of amidine groups is 2. The number of hydrogen-bond acceptors (Lipinski definition) is 6. The number of aromatic nitrogens is 2. The van der Waals surface area contributed by atoms with E-state index in [1.807, 2.05) is 60.1 Å². The Morgan fingerprint density at radius 2 is 1.50 bits per heavy atom. The highest BCUT2D eigenvalue weighted by atomic mass is 16.3. The molecular weight excluding hydrogens is 496 g/mol. The van der Waals surface area contributed by atoms with E-state index < -0.39 is 0 Å². The summed E-state index contributed by atoms with van der Waals surface area (Å²) >= 11 is 0. The van der Waals surface area contributed by atoms with E-state index in [1.165, 1.54) is 11.1 Å². The van der Waals surface area contributed by atoms with Crippen LogP contribution in [0.3, 0.4) is 0 Å². The molecule has 0 spiro atoms. The maximum atomic E-state index is 10.5. The van der Waals surface area contributed by atoms with Crippen LogP contribution in [0.2, 0.25) is 0 Å². The van der Waals surface area contributed by atoms with Crippen LogP contribution in [0, 0.1) is 20.8 Å². The first-order valence-electron chi connectivity index (χ1n) is 13.3. The third-order valence-corrected chi connectivity index (χ3v) is 7.42. The van der Waals surface area contributed by atoms with Gasteiger partial charge in [-0.1, -0.05) is 59.7 Å². The van der Waals surface area contributed by atoms with Crippen molar-refractivity contribution in [2.75, 3.05) is 10.2 Å². The number of aryl methyl sites for hydroxylation is 3. The summed E-state index contributed by atoms with van der Waals surface area (Å²) in [7, 11) is 0. The lowest BCUT2D eigenvalue weighted by atomic mass is 9.93. The average Bonchev–Trinajstić information content (AvgIpc) is 3.29. The molecule has 3 heterocycles. The van der Waals surface area contributed by atoms with Crippen molar-refractivity contribution in [1.29, 1.82) is 0 Å². The molecule has 5 aromatic rings. The lowest BCUT2D eigenvalue weighted by Crippen LogP contribution is -2.46. The van der Waals surface area contributed by atoms with Crippen LogP contribution in [0.4, 0.5) is 22.9 Å². The third-order valence-electron chi connectivity index (χ3n) is 7.42.